The average Bonchev–Trinajstić information content (AvgIpc) is 2.56. The molecule has 2 aromatic carbocycles. The average molecular weight is 345 g/mol. The number of anilines is 1. The second-order valence-electron chi connectivity index (χ2n) is 6.17. The standard InChI is InChI=1S/C19H20N2O2.ClH/c1-19(20,14-7-3-2-4-8-14)18(23)21-15-11-10-13-6-5-9-17(22)16(13)12-15;/h2-4,7-8,10-12H,5-6,9,20H2,1H3,(H,21,23);1H. The lowest BCUT2D eigenvalue weighted by molar-refractivity contribution is -0.120. The summed E-state index contributed by atoms with van der Waals surface area (Å²) in [7, 11) is 0. The Balaban J connectivity index is 0.00000208. The summed E-state index contributed by atoms with van der Waals surface area (Å²) in [5.41, 5.74) is 8.20. The van der Waals surface area contributed by atoms with Crippen LogP contribution in [0.4, 0.5) is 5.69 Å². The van der Waals surface area contributed by atoms with E-state index in [1.807, 2.05) is 42.5 Å². The van der Waals surface area contributed by atoms with Crippen molar-refractivity contribution in [3.63, 3.8) is 0 Å². The number of carbonyl (C=O) groups excluding carboxylic acids is 2. The molecule has 3 rings (SSSR count). The maximum Gasteiger partial charge on any atom is 0.248 e. The monoisotopic (exact) mass is 344 g/mol. The van der Waals surface area contributed by atoms with Crippen LogP contribution in [0.15, 0.2) is 48.5 Å². The number of amides is 1. The molecule has 0 radical (unpaired) electrons. The minimum Gasteiger partial charge on any atom is -0.324 e. The minimum atomic E-state index is -1.14. The molecule has 0 fully saturated rings. The minimum absolute atomic E-state index is 0. The zero-order valence-electron chi connectivity index (χ0n) is 13.5. The van der Waals surface area contributed by atoms with Gasteiger partial charge in [-0.1, -0.05) is 36.4 Å². The molecule has 24 heavy (non-hydrogen) atoms. The molecule has 3 N–H and O–H groups in total. The van der Waals surface area contributed by atoms with Gasteiger partial charge < -0.3 is 11.1 Å². The Morgan fingerprint density at radius 3 is 2.54 bits per heavy atom. The quantitative estimate of drug-likeness (QED) is 0.895. The molecule has 1 atom stereocenters. The van der Waals surface area contributed by atoms with Crippen molar-refractivity contribution in [2.24, 2.45) is 5.73 Å². The summed E-state index contributed by atoms with van der Waals surface area (Å²) in [5.74, 6) is -0.159. The van der Waals surface area contributed by atoms with Gasteiger partial charge in [0.25, 0.3) is 0 Å². The van der Waals surface area contributed by atoms with E-state index in [4.69, 9.17) is 5.73 Å². The van der Waals surface area contributed by atoms with Gasteiger partial charge in [-0.2, -0.15) is 0 Å². The number of Topliss-reactive ketones (excluding diaryl/α,β-unsaturated/α-hetero) is 1. The Morgan fingerprint density at radius 1 is 1.12 bits per heavy atom. The molecule has 0 aliphatic heterocycles. The third-order valence-electron chi connectivity index (χ3n) is 4.36. The Bertz CT molecular complexity index is 757. The first-order chi connectivity index (χ1) is 11.0. The van der Waals surface area contributed by atoms with Crippen LogP contribution in [0.2, 0.25) is 0 Å². The Kier molecular flexibility index (Phi) is 5.42. The third kappa shape index (κ3) is 3.50. The summed E-state index contributed by atoms with van der Waals surface area (Å²) in [6, 6.07) is 14.7. The SMILES string of the molecule is CC(N)(C(=O)Nc1ccc2c(c1)C(=O)CCC2)c1ccccc1.Cl. The summed E-state index contributed by atoms with van der Waals surface area (Å²) in [5, 5.41) is 2.84. The number of nitrogens with two attached hydrogens (primary N) is 1. The number of nitrogens with one attached hydrogen (secondary N) is 1. The lowest BCUT2D eigenvalue weighted by atomic mass is 9.89. The number of rotatable bonds is 3. The van der Waals surface area contributed by atoms with Crippen molar-refractivity contribution in [3.8, 4) is 0 Å². The highest BCUT2D eigenvalue weighted by molar-refractivity contribution is 6.02. The molecule has 4 nitrogen and oxygen atoms in total. The maximum absolute atomic E-state index is 12.6. The highest BCUT2D eigenvalue weighted by Gasteiger charge is 2.30. The molecule has 1 unspecified atom stereocenters. The molecule has 5 heteroatoms. The highest BCUT2D eigenvalue weighted by atomic mass is 35.5. The molecular formula is C19H21ClN2O2. The van der Waals surface area contributed by atoms with Crippen LogP contribution < -0.4 is 11.1 Å². The van der Waals surface area contributed by atoms with E-state index in [1.165, 1.54) is 0 Å². The third-order valence-corrected chi connectivity index (χ3v) is 4.36. The van der Waals surface area contributed by atoms with Gasteiger partial charge in [0.1, 0.15) is 5.54 Å². The summed E-state index contributed by atoms with van der Waals surface area (Å²) in [6.07, 6.45) is 2.38. The van der Waals surface area contributed by atoms with Crippen molar-refractivity contribution in [3.05, 3.63) is 65.2 Å². The molecule has 2 aromatic rings. The van der Waals surface area contributed by atoms with Crippen LogP contribution in [0, 0.1) is 0 Å². The normalized spacial score (nSPS) is 15.7. The van der Waals surface area contributed by atoms with Gasteiger partial charge in [-0.25, -0.2) is 0 Å². The lowest BCUT2D eigenvalue weighted by Crippen LogP contribution is -2.45. The number of hydrogen-bond donors (Lipinski definition) is 2. The first kappa shape index (κ1) is 18.2. The Hall–Kier alpha value is -2.17. The summed E-state index contributed by atoms with van der Waals surface area (Å²) in [4.78, 5) is 24.6. The van der Waals surface area contributed by atoms with Crippen LogP contribution in [-0.2, 0) is 16.8 Å². The number of carbonyl (C=O) groups is 2. The Morgan fingerprint density at radius 2 is 1.83 bits per heavy atom. The van der Waals surface area contributed by atoms with E-state index in [9.17, 15) is 9.59 Å². The van der Waals surface area contributed by atoms with Gasteiger partial charge >= 0.3 is 0 Å². The number of halogens is 1. The predicted octanol–water partition coefficient (Wildman–Crippen LogP) is 3.44. The van der Waals surface area contributed by atoms with E-state index in [1.54, 1.807) is 13.0 Å². The second kappa shape index (κ2) is 7.16. The number of fused-ring (bicyclic) bond motifs is 1. The highest BCUT2D eigenvalue weighted by Crippen LogP contribution is 2.26. The van der Waals surface area contributed by atoms with Gasteiger partial charge in [0.2, 0.25) is 5.91 Å². The van der Waals surface area contributed by atoms with Gasteiger partial charge in [0.15, 0.2) is 5.78 Å². The number of hydrogen-bond acceptors (Lipinski definition) is 3. The van der Waals surface area contributed by atoms with Crippen LogP contribution in [0.25, 0.3) is 0 Å². The fourth-order valence-corrected chi connectivity index (χ4v) is 2.88. The van der Waals surface area contributed by atoms with E-state index in [-0.39, 0.29) is 24.1 Å². The van der Waals surface area contributed by atoms with Gasteiger partial charge in [-0.3, -0.25) is 9.59 Å². The summed E-state index contributed by atoms with van der Waals surface area (Å²) < 4.78 is 0. The smallest absolute Gasteiger partial charge is 0.248 e. The number of benzene rings is 2. The molecule has 0 bridgehead atoms. The first-order valence-corrected chi connectivity index (χ1v) is 7.80. The van der Waals surface area contributed by atoms with Crippen molar-refractivity contribution in [1.82, 2.24) is 0 Å². The summed E-state index contributed by atoms with van der Waals surface area (Å²) in [6.45, 7) is 1.68. The van der Waals surface area contributed by atoms with Crippen LogP contribution in [0.3, 0.4) is 0 Å². The number of aryl methyl sites for hydroxylation is 1. The molecule has 126 valence electrons. The topological polar surface area (TPSA) is 72.2 Å². The zero-order valence-corrected chi connectivity index (χ0v) is 14.4. The molecule has 1 amide bonds. The van der Waals surface area contributed by atoms with E-state index >= 15 is 0 Å². The van der Waals surface area contributed by atoms with E-state index in [0.717, 1.165) is 24.0 Å². The molecule has 0 saturated carbocycles. The van der Waals surface area contributed by atoms with Crippen LogP contribution in [0.5, 0.6) is 0 Å². The lowest BCUT2D eigenvalue weighted by Gasteiger charge is -2.24. The maximum atomic E-state index is 12.6. The Labute approximate surface area is 147 Å². The van der Waals surface area contributed by atoms with Crippen molar-refractivity contribution >= 4 is 29.8 Å². The van der Waals surface area contributed by atoms with Crippen molar-refractivity contribution in [2.45, 2.75) is 31.7 Å². The van der Waals surface area contributed by atoms with Gasteiger partial charge in [-0.15, -0.1) is 12.4 Å². The van der Waals surface area contributed by atoms with Gasteiger partial charge in [-0.05, 0) is 43.0 Å². The molecule has 1 aliphatic carbocycles. The van der Waals surface area contributed by atoms with E-state index in [2.05, 4.69) is 5.32 Å². The van der Waals surface area contributed by atoms with Crippen molar-refractivity contribution in [2.75, 3.05) is 5.32 Å². The second-order valence-corrected chi connectivity index (χ2v) is 6.17. The van der Waals surface area contributed by atoms with Crippen molar-refractivity contribution < 1.29 is 9.59 Å². The fraction of sp³-hybridized carbons (Fsp3) is 0.263. The van der Waals surface area contributed by atoms with E-state index < -0.39 is 5.54 Å². The molecule has 0 aromatic heterocycles. The zero-order chi connectivity index (χ0) is 16.4. The molecule has 1 aliphatic rings. The largest absolute Gasteiger partial charge is 0.324 e. The van der Waals surface area contributed by atoms with Gasteiger partial charge in [0, 0.05) is 17.7 Å². The van der Waals surface area contributed by atoms with Crippen molar-refractivity contribution in [1.29, 1.82) is 0 Å². The van der Waals surface area contributed by atoms with Crippen LogP contribution in [-0.4, -0.2) is 11.7 Å². The molecule has 0 saturated heterocycles. The molecule has 0 spiro atoms. The predicted molar refractivity (Wildman–Crippen MR) is 97.6 cm³/mol. The number of ketones is 1. The van der Waals surface area contributed by atoms with Gasteiger partial charge in [0.05, 0.1) is 0 Å². The van der Waals surface area contributed by atoms with Crippen LogP contribution in [0.1, 0.15) is 41.3 Å². The first-order valence-electron chi connectivity index (χ1n) is 7.80. The van der Waals surface area contributed by atoms with E-state index in [0.29, 0.717) is 17.7 Å². The summed E-state index contributed by atoms with van der Waals surface area (Å²) >= 11 is 0. The fourth-order valence-electron chi connectivity index (χ4n) is 2.88. The molecule has 0 heterocycles. The molecular weight excluding hydrogens is 324 g/mol. The van der Waals surface area contributed by atoms with Crippen LogP contribution >= 0.6 is 12.4 Å².